The third-order valence-electron chi connectivity index (χ3n) is 2.88. The van der Waals surface area contributed by atoms with Crippen LogP contribution in [0.2, 0.25) is 0 Å². The van der Waals surface area contributed by atoms with E-state index in [1.54, 1.807) is 22.7 Å². The van der Waals surface area contributed by atoms with Crippen molar-refractivity contribution >= 4 is 42.8 Å². The molecule has 20 heavy (non-hydrogen) atoms. The van der Waals surface area contributed by atoms with Gasteiger partial charge < -0.3 is 9.47 Å². The Morgan fingerprint density at radius 2 is 1.70 bits per heavy atom. The van der Waals surface area contributed by atoms with Crippen molar-refractivity contribution in [3.8, 4) is 10.8 Å². The van der Waals surface area contributed by atoms with Crippen molar-refractivity contribution in [1.29, 1.82) is 0 Å². The summed E-state index contributed by atoms with van der Waals surface area (Å²) < 4.78 is 14.5. The van der Waals surface area contributed by atoms with Crippen molar-refractivity contribution in [2.75, 3.05) is 0 Å². The smallest absolute Gasteiger partial charge is 0.218 e. The maximum Gasteiger partial charge on any atom is 0.218 e. The van der Waals surface area contributed by atoms with Gasteiger partial charge in [-0.3, -0.25) is 0 Å². The first-order chi connectivity index (χ1) is 9.54. The van der Waals surface area contributed by atoms with Gasteiger partial charge in [-0.05, 0) is 56.7 Å². The second kappa shape index (κ2) is 5.26. The highest BCUT2D eigenvalue weighted by Crippen LogP contribution is 2.46. The Hall–Kier alpha value is -1.26. The quantitative estimate of drug-likeness (QED) is 0.616. The van der Waals surface area contributed by atoms with E-state index in [9.17, 15) is 0 Å². The third-order valence-corrected chi connectivity index (χ3v) is 4.79. The molecule has 0 saturated carbocycles. The predicted molar refractivity (Wildman–Crippen MR) is 88.7 cm³/mol. The van der Waals surface area contributed by atoms with Crippen LogP contribution in [0.1, 0.15) is 27.7 Å². The summed E-state index contributed by atoms with van der Waals surface area (Å²) in [6.07, 6.45) is 0.292. The van der Waals surface area contributed by atoms with E-state index < -0.39 is 0 Å². The summed E-state index contributed by atoms with van der Waals surface area (Å²) in [5, 5.41) is 5.47. The van der Waals surface area contributed by atoms with Crippen LogP contribution in [-0.4, -0.2) is 12.2 Å². The van der Waals surface area contributed by atoms with E-state index in [0.717, 1.165) is 16.2 Å². The summed E-state index contributed by atoms with van der Waals surface area (Å²) in [7, 11) is 0. The summed E-state index contributed by atoms with van der Waals surface area (Å²) in [6.45, 7) is 8.18. The Bertz CT molecular complexity index is 737. The molecule has 3 aromatic rings. The van der Waals surface area contributed by atoms with Crippen molar-refractivity contribution in [2.45, 2.75) is 39.9 Å². The molecule has 0 radical (unpaired) electrons. The second-order valence-corrected chi connectivity index (χ2v) is 7.32. The lowest BCUT2D eigenvalue weighted by atomic mass is 10.2. The first kappa shape index (κ1) is 13.7. The minimum atomic E-state index is 0.140. The molecule has 0 atom stereocenters. The van der Waals surface area contributed by atoms with Crippen molar-refractivity contribution in [3.05, 3.63) is 23.6 Å². The van der Waals surface area contributed by atoms with Crippen molar-refractivity contribution < 1.29 is 9.47 Å². The van der Waals surface area contributed by atoms with E-state index in [0.29, 0.717) is 0 Å². The van der Waals surface area contributed by atoms with Gasteiger partial charge in [0.15, 0.2) is 5.75 Å². The SMILES string of the molecule is CC(C)Oc1sc2cc3ccsc3cc2c1OC(C)C. The number of fused-ring (bicyclic) bond motifs is 2. The van der Waals surface area contributed by atoms with Crippen molar-refractivity contribution in [3.63, 3.8) is 0 Å². The average molecular weight is 306 g/mol. The molecule has 0 aliphatic rings. The van der Waals surface area contributed by atoms with Crippen molar-refractivity contribution in [2.24, 2.45) is 0 Å². The summed E-state index contributed by atoms with van der Waals surface area (Å²) >= 11 is 3.43. The van der Waals surface area contributed by atoms with E-state index in [4.69, 9.17) is 9.47 Å². The van der Waals surface area contributed by atoms with E-state index in [1.165, 1.54) is 14.8 Å². The highest BCUT2D eigenvalue weighted by atomic mass is 32.1. The Morgan fingerprint density at radius 1 is 0.950 bits per heavy atom. The van der Waals surface area contributed by atoms with E-state index in [-0.39, 0.29) is 12.2 Å². The van der Waals surface area contributed by atoms with Gasteiger partial charge >= 0.3 is 0 Å². The lowest BCUT2D eigenvalue weighted by Gasteiger charge is -2.13. The van der Waals surface area contributed by atoms with Gasteiger partial charge in [-0.1, -0.05) is 11.3 Å². The minimum Gasteiger partial charge on any atom is -0.486 e. The molecule has 4 heteroatoms. The van der Waals surface area contributed by atoms with Crippen LogP contribution in [0.3, 0.4) is 0 Å². The standard InChI is InChI=1S/C16H18O2S2/c1-9(2)17-15-12-8-13-11(5-6-19-13)7-14(12)20-16(15)18-10(3)4/h5-10H,1-4H3. The molecule has 0 saturated heterocycles. The lowest BCUT2D eigenvalue weighted by molar-refractivity contribution is 0.207. The molecule has 106 valence electrons. The molecule has 3 rings (SSSR count). The first-order valence-corrected chi connectivity index (χ1v) is 8.51. The molecule has 0 fully saturated rings. The predicted octanol–water partition coefficient (Wildman–Crippen LogP) is 5.69. The van der Waals surface area contributed by atoms with Crippen LogP contribution in [0.4, 0.5) is 0 Å². The van der Waals surface area contributed by atoms with Crippen LogP contribution in [0.25, 0.3) is 20.2 Å². The summed E-state index contributed by atoms with van der Waals surface area (Å²) in [5.74, 6) is 0.893. The minimum absolute atomic E-state index is 0.140. The van der Waals surface area contributed by atoms with Gasteiger partial charge in [-0.2, -0.15) is 0 Å². The van der Waals surface area contributed by atoms with Crippen LogP contribution in [0, 0.1) is 0 Å². The number of hydrogen-bond donors (Lipinski definition) is 0. The molecule has 1 aromatic carbocycles. The molecule has 0 amide bonds. The zero-order valence-corrected chi connectivity index (χ0v) is 13.7. The maximum atomic E-state index is 6.02. The highest BCUT2D eigenvalue weighted by molar-refractivity contribution is 7.21. The normalized spacial score (nSPS) is 11.9. The second-order valence-electron chi connectivity index (χ2n) is 5.36. The molecular weight excluding hydrogens is 288 g/mol. The fourth-order valence-corrected chi connectivity index (χ4v) is 4.09. The van der Waals surface area contributed by atoms with Gasteiger partial charge in [0.05, 0.1) is 12.2 Å². The maximum absolute atomic E-state index is 6.02. The fraction of sp³-hybridized carbons (Fsp3) is 0.375. The Kier molecular flexibility index (Phi) is 3.61. The number of thiophene rings is 2. The zero-order chi connectivity index (χ0) is 14.3. The topological polar surface area (TPSA) is 18.5 Å². The van der Waals surface area contributed by atoms with Crippen LogP contribution in [-0.2, 0) is 0 Å². The third kappa shape index (κ3) is 2.50. The molecule has 2 aromatic heterocycles. The van der Waals surface area contributed by atoms with Gasteiger partial charge in [0, 0.05) is 14.8 Å². The molecular formula is C16H18O2S2. The fourth-order valence-electron chi connectivity index (χ4n) is 2.15. The van der Waals surface area contributed by atoms with Gasteiger partial charge in [0.2, 0.25) is 5.06 Å². The molecule has 0 aliphatic carbocycles. The number of hydrogen-bond acceptors (Lipinski definition) is 4. The average Bonchev–Trinajstić information content (AvgIpc) is 2.91. The largest absolute Gasteiger partial charge is 0.486 e. The summed E-state index contributed by atoms with van der Waals surface area (Å²) in [4.78, 5) is 0. The molecule has 0 N–H and O–H groups in total. The molecule has 0 spiro atoms. The monoisotopic (exact) mass is 306 g/mol. The van der Waals surface area contributed by atoms with Gasteiger partial charge in [0.1, 0.15) is 0 Å². The molecule has 2 heterocycles. The summed E-state index contributed by atoms with van der Waals surface area (Å²) in [6, 6.07) is 6.61. The highest BCUT2D eigenvalue weighted by Gasteiger charge is 2.18. The number of rotatable bonds is 4. The van der Waals surface area contributed by atoms with Crippen molar-refractivity contribution in [1.82, 2.24) is 0 Å². The molecule has 0 unspecified atom stereocenters. The Morgan fingerprint density at radius 3 is 2.40 bits per heavy atom. The molecule has 0 bridgehead atoms. The Balaban J connectivity index is 2.20. The van der Waals surface area contributed by atoms with Crippen LogP contribution in [0.5, 0.6) is 10.8 Å². The number of benzene rings is 1. The van der Waals surface area contributed by atoms with Gasteiger partial charge in [-0.15, -0.1) is 11.3 Å². The van der Waals surface area contributed by atoms with Crippen LogP contribution >= 0.6 is 22.7 Å². The van der Waals surface area contributed by atoms with E-state index in [2.05, 4.69) is 23.6 Å². The summed E-state index contributed by atoms with van der Waals surface area (Å²) in [5.41, 5.74) is 0. The van der Waals surface area contributed by atoms with Gasteiger partial charge in [0.25, 0.3) is 0 Å². The number of ether oxygens (including phenoxy) is 2. The van der Waals surface area contributed by atoms with E-state index in [1.807, 2.05) is 27.7 Å². The van der Waals surface area contributed by atoms with Gasteiger partial charge in [-0.25, -0.2) is 0 Å². The zero-order valence-electron chi connectivity index (χ0n) is 12.1. The Labute approximate surface area is 126 Å². The van der Waals surface area contributed by atoms with Crippen LogP contribution < -0.4 is 9.47 Å². The van der Waals surface area contributed by atoms with Crippen LogP contribution in [0.15, 0.2) is 23.6 Å². The molecule has 0 aliphatic heterocycles. The molecule has 2 nitrogen and oxygen atoms in total. The first-order valence-electron chi connectivity index (χ1n) is 6.81. The lowest BCUT2D eigenvalue weighted by Crippen LogP contribution is -2.09. The van der Waals surface area contributed by atoms with E-state index >= 15 is 0 Å².